The van der Waals surface area contributed by atoms with Crippen molar-refractivity contribution in [2.24, 2.45) is 0 Å². The molecule has 0 saturated heterocycles. The first-order chi connectivity index (χ1) is 22.2. The van der Waals surface area contributed by atoms with Gasteiger partial charge in [0.15, 0.2) is 17.5 Å². The molecule has 0 N–H and O–H groups in total. The van der Waals surface area contributed by atoms with Crippen LogP contribution >= 0.6 is 0 Å². The topological polar surface area (TPSA) is 64.5 Å². The van der Waals surface area contributed by atoms with Crippen LogP contribution in [0.3, 0.4) is 0 Å². The number of nitrogens with zero attached hydrogens (tertiary/aromatic N) is 5. The van der Waals surface area contributed by atoms with Gasteiger partial charge < -0.3 is 0 Å². The first kappa shape index (κ1) is 26.5. The molecule has 5 aromatic carbocycles. The number of aryl methyl sites for hydroxylation is 1. The Kier molecular flexibility index (Phi) is 6.61. The number of fused-ring (bicyclic) bond motifs is 2. The number of pyridine rings is 2. The van der Waals surface area contributed by atoms with E-state index in [9.17, 15) is 0 Å². The van der Waals surface area contributed by atoms with Crippen LogP contribution in [-0.4, -0.2) is 24.9 Å². The van der Waals surface area contributed by atoms with Crippen molar-refractivity contribution in [3.05, 3.63) is 151 Å². The summed E-state index contributed by atoms with van der Waals surface area (Å²) < 4.78 is 0. The van der Waals surface area contributed by atoms with E-state index >= 15 is 0 Å². The number of hydrogen-bond donors (Lipinski definition) is 0. The predicted octanol–water partition coefficient (Wildman–Crippen LogP) is 9.61. The maximum absolute atomic E-state index is 4.88. The van der Waals surface area contributed by atoms with E-state index in [1.165, 1.54) is 43.8 Å². The third-order valence-corrected chi connectivity index (χ3v) is 8.17. The zero-order valence-corrected chi connectivity index (χ0v) is 24.6. The van der Waals surface area contributed by atoms with Gasteiger partial charge in [0.1, 0.15) is 11.4 Å². The molecule has 0 aliphatic rings. The van der Waals surface area contributed by atoms with Crippen molar-refractivity contribution in [2.45, 2.75) is 6.92 Å². The highest BCUT2D eigenvalue weighted by Gasteiger charge is 2.19. The maximum atomic E-state index is 4.88. The molecule has 8 aromatic rings. The summed E-state index contributed by atoms with van der Waals surface area (Å²) in [5.41, 5.74) is 8.28. The zero-order valence-electron chi connectivity index (χ0n) is 24.6. The Labute approximate surface area is 261 Å². The monoisotopic (exact) mass is 577 g/mol. The lowest BCUT2D eigenvalue weighted by molar-refractivity contribution is 1.05. The molecule has 0 aliphatic carbocycles. The normalized spacial score (nSPS) is 11.2. The molecule has 0 bridgehead atoms. The quantitative estimate of drug-likeness (QED) is 0.191. The van der Waals surface area contributed by atoms with Crippen molar-refractivity contribution in [1.82, 2.24) is 24.9 Å². The first-order valence-electron chi connectivity index (χ1n) is 14.9. The predicted molar refractivity (Wildman–Crippen MR) is 182 cm³/mol. The highest BCUT2D eigenvalue weighted by molar-refractivity contribution is 6.21. The minimum Gasteiger partial charge on any atom is -0.253 e. The van der Waals surface area contributed by atoms with Crippen molar-refractivity contribution in [2.75, 3.05) is 0 Å². The van der Waals surface area contributed by atoms with E-state index in [4.69, 9.17) is 15.0 Å². The molecule has 3 heterocycles. The fraction of sp³-hybridized carbons (Fsp3) is 0.0250. The van der Waals surface area contributed by atoms with Crippen molar-refractivity contribution >= 4 is 21.5 Å². The lowest BCUT2D eigenvalue weighted by Gasteiger charge is -2.19. The van der Waals surface area contributed by atoms with Crippen LogP contribution in [0.2, 0.25) is 0 Å². The lowest BCUT2D eigenvalue weighted by Crippen LogP contribution is -2.02. The summed E-state index contributed by atoms with van der Waals surface area (Å²) in [6, 6.07) is 46.1. The van der Waals surface area contributed by atoms with Gasteiger partial charge in [-0.15, -0.1) is 0 Å². The van der Waals surface area contributed by atoms with Crippen molar-refractivity contribution < 1.29 is 0 Å². The molecule has 0 spiro atoms. The van der Waals surface area contributed by atoms with Gasteiger partial charge in [-0.1, -0.05) is 103 Å². The van der Waals surface area contributed by atoms with E-state index < -0.39 is 0 Å². The van der Waals surface area contributed by atoms with Crippen molar-refractivity contribution in [1.29, 1.82) is 0 Å². The Morgan fingerprint density at radius 3 is 1.40 bits per heavy atom. The van der Waals surface area contributed by atoms with E-state index in [0.717, 1.165) is 11.1 Å². The molecule has 45 heavy (non-hydrogen) atoms. The average Bonchev–Trinajstić information content (AvgIpc) is 3.11. The van der Waals surface area contributed by atoms with Crippen molar-refractivity contribution in [3.63, 3.8) is 0 Å². The van der Waals surface area contributed by atoms with Gasteiger partial charge in [-0.05, 0) is 86.6 Å². The molecule has 0 unspecified atom stereocenters. The molecular formula is C40H27N5. The Hall–Kier alpha value is -6.07. The summed E-state index contributed by atoms with van der Waals surface area (Å²) >= 11 is 0. The largest absolute Gasteiger partial charge is 0.253 e. The van der Waals surface area contributed by atoms with Gasteiger partial charge in [-0.3, -0.25) is 9.97 Å². The molecule has 0 amide bonds. The number of benzene rings is 5. The van der Waals surface area contributed by atoms with Crippen LogP contribution in [0, 0.1) is 6.92 Å². The van der Waals surface area contributed by atoms with Crippen LogP contribution in [0.5, 0.6) is 0 Å². The maximum Gasteiger partial charge on any atom is 0.182 e. The van der Waals surface area contributed by atoms with Gasteiger partial charge >= 0.3 is 0 Å². The summed E-state index contributed by atoms with van der Waals surface area (Å²) in [7, 11) is 0. The highest BCUT2D eigenvalue weighted by Crippen LogP contribution is 2.44. The summed E-state index contributed by atoms with van der Waals surface area (Å²) in [5, 5.41) is 4.92. The molecule has 5 nitrogen and oxygen atoms in total. The zero-order chi connectivity index (χ0) is 30.2. The van der Waals surface area contributed by atoms with E-state index in [1.807, 2.05) is 36.4 Å². The summed E-state index contributed by atoms with van der Waals surface area (Å²) in [6.07, 6.45) is 3.49. The molecular weight excluding hydrogens is 550 g/mol. The van der Waals surface area contributed by atoms with Gasteiger partial charge in [0, 0.05) is 18.0 Å². The molecule has 0 fully saturated rings. The Morgan fingerprint density at radius 2 is 0.889 bits per heavy atom. The highest BCUT2D eigenvalue weighted by atomic mass is 15.1. The molecule has 0 radical (unpaired) electrons. The van der Waals surface area contributed by atoms with Crippen LogP contribution < -0.4 is 0 Å². The van der Waals surface area contributed by atoms with Gasteiger partial charge in [0.05, 0.1) is 0 Å². The van der Waals surface area contributed by atoms with Crippen LogP contribution in [0.15, 0.2) is 146 Å². The smallest absolute Gasteiger partial charge is 0.182 e. The van der Waals surface area contributed by atoms with Crippen LogP contribution in [-0.2, 0) is 0 Å². The van der Waals surface area contributed by atoms with Crippen LogP contribution in [0.25, 0.3) is 78.2 Å². The van der Waals surface area contributed by atoms with Gasteiger partial charge in [-0.25, -0.2) is 15.0 Å². The molecule has 212 valence electrons. The van der Waals surface area contributed by atoms with E-state index in [1.54, 1.807) is 12.4 Å². The fourth-order valence-electron chi connectivity index (χ4n) is 6.14. The molecule has 5 heteroatoms. The SMILES string of the molecule is Cc1cc(-c2nc(-c3ccccn3)nc(-c3ccccn3)n2)ccc1-c1c2ccccc2c(-c2ccccc2)c2ccccc12. The third-order valence-electron chi connectivity index (χ3n) is 8.17. The minimum absolute atomic E-state index is 0.511. The second kappa shape index (κ2) is 11.2. The standard InChI is InChI=1S/C40H27N5/c1-26-25-28(38-43-39(34-19-9-11-23-41-34)45-40(44-38)35-20-10-12-24-42-35)21-22-29(26)37-32-17-7-5-15-30(32)36(27-13-3-2-4-14-27)31-16-6-8-18-33(31)37/h2-25H,1H3. The number of rotatable bonds is 5. The summed E-state index contributed by atoms with van der Waals surface area (Å²) in [6.45, 7) is 2.16. The minimum atomic E-state index is 0.511. The van der Waals surface area contributed by atoms with E-state index in [-0.39, 0.29) is 0 Å². The van der Waals surface area contributed by atoms with E-state index in [2.05, 4.69) is 114 Å². The fourth-order valence-corrected chi connectivity index (χ4v) is 6.14. The van der Waals surface area contributed by atoms with Crippen LogP contribution in [0.1, 0.15) is 5.56 Å². The van der Waals surface area contributed by atoms with Gasteiger partial charge in [0.25, 0.3) is 0 Å². The average molecular weight is 578 g/mol. The third kappa shape index (κ3) is 4.81. The van der Waals surface area contributed by atoms with Crippen LogP contribution in [0.4, 0.5) is 0 Å². The number of aromatic nitrogens is 5. The first-order valence-corrected chi connectivity index (χ1v) is 14.9. The molecule has 0 saturated carbocycles. The molecule has 8 rings (SSSR count). The van der Waals surface area contributed by atoms with E-state index in [0.29, 0.717) is 28.9 Å². The number of hydrogen-bond acceptors (Lipinski definition) is 5. The summed E-state index contributed by atoms with van der Waals surface area (Å²) in [5.74, 6) is 1.60. The van der Waals surface area contributed by atoms with Gasteiger partial charge in [-0.2, -0.15) is 0 Å². The van der Waals surface area contributed by atoms with Crippen molar-refractivity contribution in [3.8, 4) is 56.7 Å². The molecule has 0 atom stereocenters. The Bertz CT molecular complexity index is 2200. The molecule has 3 aromatic heterocycles. The summed E-state index contributed by atoms with van der Waals surface area (Å²) in [4.78, 5) is 23.5. The lowest BCUT2D eigenvalue weighted by atomic mass is 9.84. The van der Waals surface area contributed by atoms with Gasteiger partial charge in [0.2, 0.25) is 0 Å². The second-order valence-corrected chi connectivity index (χ2v) is 11.0. The second-order valence-electron chi connectivity index (χ2n) is 11.0. The molecule has 0 aliphatic heterocycles. The Balaban J connectivity index is 1.33. The Morgan fingerprint density at radius 1 is 0.400 bits per heavy atom.